The Hall–Kier alpha value is -2.10. The number of halogens is 2. The van der Waals surface area contributed by atoms with E-state index < -0.39 is 20.8 Å². The summed E-state index contributed by atoms with van der Waals surface area (Å²) in [5.74, 6) is 1.87. The van der Waals surface area contributed by atoms with Gasteiger partial charge in [0.1, 0.15) is 0 Å². The molecule has 170 valence electrons. The van der Waals surface area contributed by atoms with Crippen LogP contribution in [0.5, 0.6) is 0 Å². The van der Waals surface area contributed by atoms with Crippen LogP contribution < -0.4 is 0 Å². The molecule has 2 aromatic heterocycles. The third kappa shape index (κ3) is 6.96. The zero-order valence-corrected chi connectivity index (χ0v) is 23.9. The van der Waals surface area contributed by atoms with Crippen molar-refractivity contribution in [2.75, 3.05) is 0 Å². The molecular weight excluding hydrogens is 559 g/mol. The van der Waals surface area contributed by atoms with Gasteiger partial charge >= 0.3 is 37.9 Å². The SMILES string of the molecule is C[Si]C.[Cl][Zr+2][Cl].c1coc(-c2c[cH-]c3ccccc23)c1.c1coc(-c2c[cH-]c3ccccc23)c1. The molecule has 0 saturated heterocycles. The Morgan fingerprint density at radius 3 is 1.38 bits per heavy atom. The van der Waals surface area contributed by atoms with Gasteiger partial charge in [-0.15, -0.1) is 82.2 Å². The summed E-state index contributed by atoms with van der Waals surface area (Å²) in [5.41, 5.74) is 2.34. The second kappa shape index (κ2) is 14.3. The molecule has 2 nitrogen and oxygen atoms in total. The first-order valence-corrected chi connectivity index (χ1v) is 19.0. The van der Waals surface area contributed by atoms with E-state index in [0.717, 1.165) is 21.0 Å². The van der Waals surface area contributed by atoms with Gasteiger partial charge in [-0.05, 0) is 24.3 Å². The second-order valence-electron chi connectivity index (χ2n) is 7.19. The fourth-order valence-corrected chi connectivity index (χ4v) is 3.59. The fraction of sp³-hybridized carbons (Fsp3) is 0.0714. The van der Waals surface area contributed by atoms with Crippen LogP contribution in [0.1, 0.15) is 0 Å². The van der Waals surface area contributed by atoms with E-state index in [1.54, 1.807) is 12.5 Å². The van der Waals surface area contributed by atoms with Crippen molar-refractivity contribution in [2.45, 2.75) is 13.1 Å². The van der Waals surface area contributed by atoms with Gasteiger partial charge in [0.2, 0.25) is 0 Å². The van der Waals surface area contributed by atoms with Gasteiger partial charge < -0.3 is 8.83 Å². The van der Waals surface area contributed by atoms with Crippen molar-refractivity contribution >= 4 is 48.1 Å². The van der Waals surface area contributed by atoms with E-state index >= 15 is 0 Å². The number of rotatable bonds is 2. The quantitative estimate of drug-likeness (QED) is 0.150. The fourth-order valence-electron chi connectivity index (χ4n) is 3.59. The smallest absolute Gasteiger partial charge is 0.0899 e. The molecule has 0 spiro atoms. The molecule has 34 heavy (non-hydrogen) atoms. The molecule has 0 aliphatic heterocycles. The number of furan rings is 2. The molecule has 0 N–H and O–H groups in total. The van der Waals surface area contributed by atoms with Gasteiger partial charge in [-0.3, -0.25) is 0 Å². The van der Waals surface area contributed by atoms with Crippen molar-refractivity contribution in [1.29, 1.82) is 0 Å². The van der Waals surface area contributed by atoms with Gasteiger partial charge in [0, 0.05) is 9.52 Å². The summed E-state index contributed by atoms with van der Waals surface area (Å²) < 4.78 is 10.8. The zero-order chi connectivity index (χ0) is 24.2. The van der Waals surface area contributed by atoms with Gasteiger partial charge in [-0.1, -0.05) is 36.4 Å². The van der Waals surface area contributed by atoms with E-state index in [1.165, 1.54) is 32.7 Å². The molecule has 4 aromatic carbocycles. The second-order valence-corrected chi connectivity index (χ2v) is 11.9. The molecule has 0 aliphatic carbocycles. The molecule has 0 atom stereocenters. The Morgan fingerprint density at radius 1 is 0.647 bits per heavy atom. The van der Waals surface area contributed by atoms with Crippen LogP contribution in [0.4, 0.5) is 0 Å². The summed E-state index contributed by atoms with van der Waals surface area (Å²) in [5, 5.41) is 5.03. The summed E-state index contributed by atoms with van der Waals surface area (Å²) in [6, 6.07) is 32.9. The maximum absolute atomic E-state index is 5.39. The first-order valence-electron chi connectivity index (χ1n) is 10.6. The minimum Gasteiger partial charge on any atom is -0.475 e. The number of hydrogen-bond donors (Lipinski definition) is 0. The molecule has 0 fully saturated rings. The van der Waals surface area contributed by atoms with Gasteiger partial charge in [0.15, 0.2) is 0 Å². The summed E-state index contributed by atoms with van der Waals surface area (Å²) in [6.45, 7) is 4.31. The van der Waals surface area contributed by atoms with Gasteiger partial charge in [-0.2, -0.15) is 0 Å². The number of hydrogen-bond acceptors (Lipinski definition) is 2. The Balaban J connectivity index is 0.000000156. The predicted molar refractivity (Wildman–Crippen MR) is 144 cm³/mol. The van der Waals surface area contributed by atoms with Gasteiger partial charge in [0.25, 0.3) is 0 Å². The van der Waals surface area contributed by atoms with E-state index in [1.807, 2.05) is 36.4 Å². The average Bonchev–Trinajstić information content (AvgIpc) is 3.66. The van der Waals surface area contributed by atoms with E-state index in [-0.39, 0.29) is 0 Å². The maximum Gasteiger partial charge on any atom is 0.0899 e. The monoisotopic (exact) mass is 580 g/mol. The molecule has 0 aliphatic rings. The Morgan fingerprint density at radius 2 is 1.03 bits per heavy atom. The van der Waals surface area contributed by atoms with E-state index in [2.05, 4.69) is 73.8 Å². The molecule has 0 amide bonds. The molecule has 2 heterocycles. The molecule has 6 rings (SSSR count). The summed E-state index contributed by atoms with van der Waals surface area (Å²) in [4.78, 5) is 0. The van der Waals surface area contributed by atoms with Crippen molar-refractivity contribution in [1.82, 2.24) is 0 Å². The van der Waals surface area contributed by atoms with Crippen LogP contribution >= 0.6 is 17.0 Å². The van der Waals surface area contributed by atoms with Crippen LogP contribution in [0.2, 0.25) is 13.1 Å². The van der Waals surface area contributed by atoms with Crippen LogP contribution in [0, 0.1) is 0 Å². The first-order chi connectivity index (χ1) is 16.7. The normalized spacial score (nSPS) is 9.76. The van der Waals surface area contributed by atoms with Crippen molar-refractivity contribution < 1.29 is 29.7 Å². The molecule has 6 aromatic rings. The van der Waals surface area contributed by atoms with Crippen molar-refractivity contribution in [3.8, 4) is 22.6 Å². The predicted octanol–water partition coefficient (Wildman–Crippen LogP) is 9.80. The maximum atomic E-state index is 5.39. The Kier molecular flexibility index (Phi) is 11.2. The van der Waals surface area contributed by atoms with E-state index in [4.69, 9.17) is 25.9 Å². The largest absolute Gasteiger partial charge is 0.475 e. The molecule has 2 radical (unpaired) electrons. The topological polar surface area (TPSA) is 26.3 Å². The van der Waals surface area contributed by atoms with Gasteiger partial charge in [-0.25, -0.2) is 0 Å². The minimum absolute atomic E-state index is 0.826. The van der Waals surface area contributed by atoms with E-state index in [0.29, 0.717) is 0 Å². The average molecular weight is 583 g/mol. The summed E-state index contributed by atoms with van der Waals surface area (Å²) in [7, 11) is 11.0. The molecule has 6 heteroatoms. The molecular formula is C28H24Cl2O2SiZr. The minimum atomic E-state index is -0.826. The van der Waals surface area contributed by atoms with Crippen LogP contribution in [0.3, 0.4) is 0 Å². The molecule has 0 unspecified atom stereocenters. The van der Waals surface area contributed by atoms with Crippen molar-refractivity contribution in [3.05, 3.63) is 110 Å². The number of fused-ring (bicyclic) bond motifs is 2. The Labute approximate surface area is 221 Å². The third-order valence-corrected chi connectivity index (χ3v) is 4.93. The van der Waals surface area contributed by atoms with Crippen molar-refractivity contribution in [2.24, 2.45) is 0 Å². The van der Waals surface area contributed by atoms with Crippen molar-refractivity contribution in [3.63, 3.8) is 0 Å². The van der Waals surface area contributed by atoms with Crippen LogP contribution in [0.25, 0.3) is 44.2 Å². The zero-order valence-electron chi connectivity index (χ0n) is 19.0. The first kappa shape index (κ1) is 26.5. The Bertz CT molecular complexity index is 1250. The van der Waals surface area contributed by atoms with Crippen LogP contribution in [-0.4, -0.2) is 9.52 Å². The van der Waals surface area contributed by atoms with Crippen LogP contribution in [0.15, 0.2) is 118 Å². The van der Waals surface area contributed by atoms with E-state index in [9.17, 15) is 0 Å². The van der Waals surface area contributed by atoms with Gasteiger partial charge in [0.05, 0.1) is 24.0 Å². The third-order valence-electron chi connectivity index (χ3n) is 4.93. The van der Waals surface area contributed by atoms with Crippen LogP contribution in [-0.2, 0) is 20.8 Å². The number of benzene rings is 2. The summed E-state index contributed by atoms with van der Waals surface area (Å²) >= 11 is -0.826. The standard InChI is InChI=1S/2C13H9O.C2H6Si.2ClH.Zr/c2*1-2-5-11-10(4-1)7-8-12(11)13-6-3-9-14-13;1-3-2;;;/h2*1-9H;1-2H3;2*1H;/q2*-1;;;;+4/p-2. The summed E-state index contributed by atoms with van der Waals surface area (Å²) in [6.07, 6.45) is 3.41. The molecule has 0 saturated carbocycles. The molecule has 0 bridgehead atoms.